The van der Waals surface area contributed by atoms with E-state index in [0.717, 1.165) is 26.5 Å². The van der Waals surface area contributed by atoms with E-state index in [0.29, 0.717) is 16.0 Å². The van der Waals surface area contributed by atoms with E-state index in [4.69, 9.17) is 23.2 Å². The molecule has 2 aromatic carbocycles. The van der Waals surface area contributed by atoms with Crippen LogP contribution in [0.5, 0.6) is 0 Å². The van der Waals surface area contributed by atoms with Crippen molar-refractivity contribution < 1.29 is 0 Å². The molecule has 3 rings (SSSR count). The zero-order valence-corrected chi connectivity index (χ0v) is 13.6. The fourth-order valence-corrected chi connectivity index (χ4v) is 3.16. The van der Waals surface area contributed by atoms with E-state index in [-0.39, 0.29) is 0 Å². The third kappa shape index (κ3) is 2.41. The van der Waals surface area contributed by atoms with Crippen molar-refractivity contribution in [3.63, 3.8) is 0 Å². The average molecular weight is 368 g/mol. The smallest absolute Gasteiger partial charge is 0.163 e. The summed E-state index contributed by atoms with van der Waals surface area (Å²) < 4.78 is 0.894. The summed E-state index contributed by atoms with van der Waals surface area (Å²) in [6.07, 6.45) is 0. The van der Waals surface area contributed by atoms with Gasteiger partial charge in [-0.15, -0.1) is 0 Å². The lowest BCUT2D eigenvalue weighted by atomic mass is 10.1. The van der Waals surface area contributed by atoms with Gasteiger partial charge in [0.1, 0.15) is 5.15 Å². The molecule has 0 bridgehead atoms. The molecule has 20 heavy (non-hydrogen) atoms. The van der Waals surface area contributed by atoms with Crippen LogP contribution >= 0.6 is 39.1 Å². The van der Waals surface area contributed by atoms with Crippen LogP contribution in [-0.2, 0) is 0 Å². The first-order valence-electron chi connectivity index (χ1n) is 5.94. The number of aromatic nitrogens is 2. The second-order valence-electron chi connectivity index (χ2n) is 4.46. The molecule has 0 aliphatic heterocycles. The molecule has 5 heteroatoms. The summed E-state index contributed by atoms with van der Waals surface area (Å²) in [7, 11) is 0. The van der Waals surface area contributed by atoms with Gasteiger partial charge in [0.2, 0.25) is 0 Å². The first-order valence-corrected chi connectivity index (χ1v) is 7.49. The van der Waals surface area contributed by atoms with Crippen molar-refractivity contribution in [2.24, 2.45) is 0 Å². The van der Waals surface area contributed by atoms with Crippen LogP contribution in [0, 0.1) is 6.92 Å². The van der Waals surface area contributed by atoms with Gasteiger partial charge in [0, 0.05) is 15.4 Å². The van der Waals surface area contributed by atoms with Crippen LogP contribution < -0.4 is 0 Å². The van der Waals surface area contributed by atoms with Crippen molar-refractivity contribution in [1.82, 2.24) is 9.97 Å². The maximum atomic E-state index is 6.29. The first-order chi connectivity index (χ1) is 9.56. The van der Waals surface area contributed by atoms with Crippen LogP contribution in [0.3, 0.4) is 0 Å². The van der Waals surface area contributed by atoms with E-state index in [2.05, 4.69) is 25.9 Å². The molecule has 3 aromatic rings. The standard InChI is InChI=1S/C15H9BrCl2N2/c1-8-6-10-13(11(16)7-8)19-15(20-14(10)18)9-4-2-3-5-12(9)17/h2-7H,1H3. The minimum atomic E-state index is 0.425. The molecule has 0 aliphatic rings. The predicted molar refractivity (Wildman–Crippen MR) is 87.4 cm³/mol. The lowest BCUT2D eigenvalue weighted by Gasteiger charge is -2.08. The topological polar surface area (TPSA) is 25.8 Å². The lowest BCUT2D eigenvalue weighted by Crippen LogP contribution is -1.94. The Hall–Kier alpha value is -1.16. The minimum absolute atomic E-state index is 0.425. The molecule has 0 atom stereocenters. The molecule has 0 N–H and O–H groups in total. The van der Waals surface area contributed by atoms with E-state index in [9.17, 15) is 0 Å². The highest BCUT2D eigenvalue weighted by molar-refractivity contribution is 9.10. The molecular weight excluding hydrogens is 359 g/mol. The maximum Gasteiger partial charge on any atom is 0.163 e. The highest BCUT2D eigenvalue weighted by atomic mass is 79.9. The van der Waals surface area contributed by atoms with Crippen molar-refractivity contribution in [2.75, 3.05) is 0 Å². The monoisotopic (exact) mass is 366 g/mol. The van der Waals surface area contributed by atoms with Gasteiger partial charge >= 0.3 is 0 Å². The van der Waals surface area contributed by atoms with E-state index in [1.54, 1.807) is 0 Å². The summed E-state index contributed by atoms with van der Waals surface area (Å²) in [6, 6.07) is 11.4. The van der Waals surface area contributed by atoms with E-state index in [1.807, 2.05) is 43.3 Å². The summed E-state index contributed by atoms with van der Waals surface area (Å²) in [5, 5.41) is 1.86. The maximum absolute atomic E-state index is 6.29. The molecule has 0 aliphatic carbocycles. The van der Waals surface area contributed by atoms with Crippen molar-refractivity contribution in [1.29, 1.82) is 0 Å². The molecule has 0 amide bonds. The van der Waals surface area contributed by atoms with Gasteiger partial charge in [0.15, 0.2) is 5.82 Å². The molecule has 0 unspecified atom stereocenters. The van der Waals surface area contributed by atoms with Gasteiger partial charge in [0.05, 0.1) is 10.5 Å². The van der Waals surface area contributed by atoms with Crippen LogP contribution in [0.25, 0.3) is 22.3 Å². The number of hydrogen-bond donors (Lipinski definition) is 0. The quantitative estimate of drug-likeness (QED) is 0.517. The third-order valence-electron chi connectivity index (χ3n) is 2.97. The van der Waals surface area contributed by atoms with E-state index >= 15 is 0 Å². The van der Waals surface area contributed by atoms with Gasteiger partial charge in [-0.05, 0) is 52.7 Å². The third-order valence-corrected chi connectivity index (χ3v) is 4.19. The molecule has 0 saturated heterocycles. The number of aryl methyl sites for hydroxylation is 1. The van der Waals surface area contributed by atoms with Crippen LogP contribution in [0.2, 0.25) is 10.2 Å². The van der Waals surface area contributed by atoms with Crippen molar-refractivity contribution in [3.8, 4) is 11.4 Å². The Morgan fingerprint density at radius 2 is 1.80 bits per heavy atom. The normalized spacial score (nSPS) is 11.0. The fourth-order valence-electron chi connectivity index (χ4n) is 2.05. The number of nitrogens with zero attached hydrogens (tertiary/aromatic N) is 2. The van der Waals surface area contributed by atoms with Crippen LogP contribution in [0.15, 0.2) is 40.9 Å². The second kappa shape index (κ2) is 5.32. The number of halogens is 3. The molecule has 0 radical (unpaired) electrons. The Balaban J connectivity index is 2.33. The fraction of sp³-hybridized carbons (Fsp3) is 0.0667. The van der Waals surface area contributed by atoms with Crippen molar-refractivity contribution >= 4 is 50.0 Å². The SMILES string of the molecule is Cc1cc(Br)c2nc(-c3ccccc3Cl)nc(Cl)c2c1. The van der Waals surface area contributed by atoms with Crippen LogP contribution in [-0.4, -0.2) is 9.97 Å². The molecule has 0 saturated carbocycles. The predicted octanol–water partition coefficient (Wildman–Crippen LogP) is 5.67. The zero-order chi connectivity index (χ0) is 14.3. The summed E-state index contributed by atoms with van der Waals surface area (Å²) in [4.78, 5) is 8.94. The van der Waals surface area contributed by atoms with Gasteiger partial charge in [-0.2, -0.15) is 0 Å². The summed E-state index contributed by atoms with van der Waals surface area (Å²) >= 11 is 16.0. The van der Waals surface area contributed by atoms with Gasteiger partial charge in [-0.3, -0.25) is 0 Å². The van der Waals surface area contributed by atoms with Gasteiger partial charge in [-0.1, -0.05) is 35.3 Å². The van der Waals surface area contributed by atoms with E-state index in [1.165, 1.54) is 0 Å². The highest BCUT2D eigenvalue weighted by Gasteiger charge is 2.12. The Bertz CT molecular complexity index is 818. The molecular formula is C15H9BrCl2N2. The summed E-state index contributed by atoms with van der Waals surface area (Å²) in [5.41, 5.74) is 2.65. The Labute approximate surface area is 134 Å². The zero-order valence-electron chi connectivity index (χ0n) is 10.5. The molecule has 1 aromatic heterocycles. The Morgan fingerprint density at radius 3 is 2.55 bits per heavy atom. The van der Waals surface area contributed by atoms with Gasteiger partial charge in [-0.25, -0.2) is 9.97 Å². The Kier molecular flexibility index (Phi) is 3.67. The molecule has 0 fully saturated rings. The summed E-state index contributed by atoms with van der Waals surface area (Å²) in [6.45, 7) is 2.00. The number of rotatable bonds is 1. The Morgan fingerprint density at radius 1 is 1.05 bits per heavy atom. The van der Waals surface area contributed by atoms with Crippen LogP contribution in [0.1, 0.15) is 5.56 Å². The highest BCUT2D eigenvalue weighted by Crippen LogP contribution is 2.32. The first kappa shape index (κ1) is 13.8. The minimum Gasteiger partial charge on any atom is -0.227 e. The van der Waals surface area contributed by atoms with Crippen molar-refractivity contribution in [2.45, 2.75) is 6.92 Å². The van der Waals surface area contributed by atoms with Gasteiger partial charge < -0.3 is 0 Å². The lowest BCUT2D eigenvalue weighted by molar-refractivity contribution is 1.22. The van der Waals surface area contributed by atoms with Crippen molar-refractivity contribution in [3.05, 3.63) is 56.6 Å². The molecule has 1 heterocycles. The van der Waals surface area contributed by atoms with Crippen LogP contribution in [0.4, 0.5) is 0 Å². The second-order valence-corrected chi connectivity index (χ2v) is 6.08. The molecule has 100 valence electrons. The largest absolute Gasteiger partial charge is 0.227 e. The molecule has 0 spiro atoms. The number of benzene rings is 2. The van der Waals surface area contributed by atoms with E-state index < -0.39 is 0 Å². The number of hydrogen-bond acceptors (Lipinski definition) is 2. The summed E-state index contributed by atoms with van der Waals surface area (Å²) in [5.74, 6) is 0.526. The number of fused-ring (bicyclic) bond motifs is 1. The van der Waals surface area contributed by atoms with Gasteiger partial charge in [0.25, 0.3) is 0 Å². The average Bonchev–Trinajstić information content (AvgIpc) is 2.40. The molecule has 2 nitrogen and oxygen atoms in total.